The fraction of sp³-hybridized carbons (Fsp3) is 0.167. The number of anilines is 3. The topological polar surface area (TPSA) is 41.0 Å². The molecule has 5 heteroatoms. The molecule has 4 nitrogen and oxygen atoms in total. The van der Waals surface area contributed by atoms with Crippen LogP contribution in [0.1, 0.15) is 0 Å². The summed E-state index contributed by atoms with van der Waals surface area (Å²) in [6.45, 7) is 0. The largest absolute Gasteiger partial charge is 0.373 e. The first kappa shape index (κ1) is 11.3. The van der Waals surface area contributed by atoms with Crippen molar-refractivity contribution in [2.75, 3.05) is 24.3 Å². The summed E-state index contributed by atoms with van der Waals surface area (Å²) in [6.07, 6.45) is 1.47. The number of aromatic nitrogens is 2. The molecule has 0 saturated carbocycles. The van der Waals surface area contributed by atoms with Gasteiger partial charge in [-0.15, -0.1) is 0 Å². The molecule has 1 aromatic heterocycles. The van der Waals surface area contributed by atoms with Crippen LogP contribution in [0.3, 0.4) is 0 Å². The van der Waals surface area contributed by atoms with Crippen molar-refractivity contribution in [1.82, 2.24) is 9.97 Å². The van der Waals surface area contributed by atoms with E-state index in [-0.39, 0.29) is 5.82 Å². The van der Waals surface area contributed by atoms with Crippen LogP contribution in [0.2, 0.25) is 0 Å². The second kappa shape index (κ2) is 4.78. The molecule has 1 N–H and O–H groups in total. The van der Waals surface area contributed by atoms with Crippen LogP contribution in [0.4, 0.5) is 21.7 Å². The molecule has 0 fully saturated rings. The third-order valence-corrected chi connectivity index (χ3v) is 2.45. The lowest BCUT2D eigenvalue weighted by atomic mass is 10.3. The molecule has 0 aliphatic rings. The number of nitrogens with one attached hydrogen (secondary N) is 1. The molecule has 0 unspecified atom stereocenters. The van der Waals surface area contributed by atoms with E-state index in [1.165, 1.54) is 18.5 Å². The lowest BCUT2D eigenvalue weighted by Crippen LogP contribution is -2.12. The van der Waals surface area contributed by atoms with E-state index in [2.05, 4.69) is 15.3 Å². The molecule has 17 heavy (non-hydrogen) atoms. The Kier molecular flexibility index (Phi) is 3.18. The first-order valence-corrected chi connectivity index (χ1v) is 5.20. The van der Waals surface area contributed by atoms with Gasteiger partial charge < -0.3 is 10.2 Å². The minimum Gasteiger partial charge on any atom is -0.373 e. The Hall–Kier alpha value is -2.17. The van der Waals surface area contributed by atoms with Gasteiger partial charge in [-0.2, -0.15) is 0 Å². The van der Waals surface area contributed by atoms with E-state index in [1.54, 1.807) is 24.1 Å². The highest BCUT2D eigenvalue weighted by Gasteiger charge is 2.06. The predicted molar refractivity (Wildman–Crippen MR) is 66.0 cm³/mol. The summed E-state index contributed by atoms with van der Waals surface area (Å²) in [5.74, 6) is 1.16. The molecule has 0 aliphatic carbocycles. The average Bonchev–Trinajstić information content (AvgIpc) is 2.38. The quantitative estimate of drug-likeness (QED) is 0.882. The third-order valence-electron chi connectivity index (χ3n) is 2.45. The van der Waals surface area contributed by atoms with Crippen LogP contribution in [0.15, 0.2) is 36.7 Å². The Labute approximate surface area is 99.1 Å². The maximum atomic E-state index is 13.1. The number of halogens is 1. The predicted octanol–water partition coefficient (Wildman–Crippen LogP) is 2.43. The molecule has 0 bridgehead atoms. The van der Waals surface area contributed by atoms with Gasteiger partial charge >= 0.3 is 0 Å². The molecule has 0 amide bonds. The molecular weight excluding hydrogens is 219 g/mol. The van der Waals surface area contributed by atoms with Gasteiger partial charge in [-0.3, -0.25) is 0 Å². The smallest absolute Gasteiger partial charge is 0.138 e. The summed E-state index contributed by atoms with van der Waals surface area (Å²) in [6, 6.07) is 8.16. The zero-order valence-electron chi connectivity index (χ0n) is 9.68. The fourth-order valence-electron chi connectivity index (χ4n) is 1.48. The van der Waals surface area contributed by atoms with Gasteiger partial charge in [0.05, 0.1) is 0 Å². The number of benzene rings is 1. The lowest BCUT2D eigenvalue weighted by molar-refractivity contribution is 0.628. The summed E-state index contributed by atoms with van der Waals surface area (Å²) in [5.41, 5.74) is 0.741. The minimum atomic E-state index is -0.266. The molecule has 0 radical (unpaired) electrons. The Morgan fingerprint density at radius 2 is 2.06 bits per heavy atom. The molecule has 1 heterocycles. The van der Waals surface area contributed by atoms with Gasteiger partial charge in [-0.05, 0) is 18.2 Å². The number of hydrogen-bond donors (Lipinski definition) is 1. The van der Waals surface area contributed by atoms with Gasteiger partial charge in [0.1, 0.15) is 23.8 Å². The van der Waals surface area contributed by atoms with E-state index in [1.807, 2.05) is 13.1 Å². The maximum Gasteiger partial charge on any atom is 0.138 e. The van der Waals surface area contributed by atoms with Crippen LogP contribution >= 0.6 is 0 Å². The van der Waals surface area contributed by atoms with E-state index in [0.29, 0.717) is 5.82 Å². The van der Waals surface area contributed by atoms with Crippen molar-refractivity contribution in [3.63, 3.8) is 0 Å². The van der Waals surface area contributed by atoms with Crippen LogP contribution in [-0.4, -0.2) is 24.1 Å². The Morgan fingerprint density at radius 1 is 1.24 bits per heavy atom. The second-order valence-corrected chi connectivity index (χ2v) is 3.55. The summed E-state index contributed by atoms with van der Waals surface area (Å²) in [7, 11) is 3.62. The molecule has 0 saturated heterocycles. The maximum absolute atomic E-state index is 13.1. The second-order valence-electron chi connectivity index (χ2n) is 3.55. The zero-order valence-corrected chi connectivity index (χ0v) is 9.68. The van der Waals surface area contributed by atoms with Gasteiger partial charge in [0.25, 0.3) is 0 Å². The van der Waals surface area contributed by atoms with Crippen molar-refractivity contribution in [3.8, 4) is 0 Å². The van der Waals surface area contributed by atoms with Crippen molar-refractivity contribution >= 4 is 17.3 Å². The molecule has 0 atom stereocenters. The molecule has 1 aromatic carbocycles. The van der Waals surface area contributed by atoms with Crippen molar-refractivity contribution in [1.29, 1.82) is 0 Å². The summed E-state index contributed by atoms with van der Waals surface area (Å²) < 4.78 is 13.1. The van der Waals surface area contributed by atoms with Crippen LogP contribution in [0.25, 0.3) is 0 Å². The SMILES string of the molecule is CNc1cc(N(C)c2cccc(F)c2)ncn1. The number of rotatable bonds is 3. The first-order chi connectivity index (χ1) is 8.20. The standard InChI is InChI=1S/C12H13FN4/c1-14-11-7-12(16-8-15-11)17(2)10-5-3-4-9(13)6-10/h3-8H,1-2H3,(H,14,15,16). The zero-order chi connectivity index (χ0) is 12.3. The number of nitrogens with zero attached hydrogens (tertiary/aromatic N) is 3. The molecule has 2 aromatic rings. The summed E-state index contributed by atoms with van der Waals surface area (Å²) >= 11 is 0. The van der Waals surface area contributed by atoms with Gasteiger partial charge in [0, 0.05) is 25.8 Å². The molecule has 0 aliphatic heterocycles. The lowest BCUT2D eigenvalue weighted by Gasteiger charge is -2.18. The molecular formula is C12H13FN4. The summed E-state index contributed by atoms with van der Waals surface area (Å²) in [5, 5.41) is 2.93. The molecule has 88 valence electrons. The van der Waals surface area contributed by atoms with E-state index in [0.717, 1.165) is 11.5 Å². The monoisotopic (exact) mass is 232 g/mol. The van der Waals surface area contributed by atoms with Gasteiger partial charge in [0.2, 0.25) is 0 Å². The summed E-state index contributed by atoms with van der Waals surface area (Å²) in [4.78, 5) is 9.97. The van der Waals surface area contributed by atoms with E-state index in [9.17, 15) is 4.39 Å². The minimum absolute atomic E-state index is 0.266. The Morgan fingerprint density at radius 3 is 2.76 bits per heavy atom. The van der Waals surface area contributed by atoms with Gasteiger partial charge in [-0.25, -0.2) is 14.4 Å². The number of hydrogen-bond acceptors (Lipinski definition) is 4. The van der Waals surface area contributed by atoms with Crippen molar-refractivity contribution in [2.24, 2.45) is 0 Å². The van der Waals surface area contributed by atoms with Crippen LogP contribution in [-0.2, 0) is 0 Å². The normalized spacial score (nSPS) is 10.1. The van der Waals surface area contributed by atoms with Crippen molar-refractivity contribution in [3.05, 3.63) is 42.5 Å². The average molecular weight is 232 g/mol. The van der Waals surface area contributed by atoms with E-state index < -0.39 is 0 Å². The highest BCUT2D eigenvalue weighted by Crippen LogP contribution is 2.22. The van der Waals surface area contributed by atoms with Crippen molar-refractivity contribution in [2.45, 2.75) is 0 Å². The highest BCUT2D eigenvalue weighted by molar-refractivity contribution is 5.61. The Balaban J connectivity index is 2.33. The molecule has 2 rings (SSSR count). The van der Waals surface area contributed by atoms with E-state index >= 15 is 0 Å². The van der Waals surface area contributed by atoms with E-state index in [4.69, 9.17) is 0 Å². The first-order valence-electron chi connectivity index (χ1n) is 5.20. The van der Waals surface area contributed by atoms with Gasteiger partial charge in [0.15, 0.2) is 0 Å². The third kappa shape index (κ3) is 2.50. The fourth-order valence-corrected chi connectivity index (χ4v) is 1.48. The van der Waals surface area contributed by atoms with Crippen LogP contribution in [0.5, 0.6) is 0 Å². The van der Waals surface area contributed by atoms with Crippen LogP contribution < -0.4 is 10.2 Å². The van der Waals surface area contributed by atoms with Crippen LogP contribution in [0, 0.1) is 5.82 Å². The van der Waals surface area contributed by atoms with Gasteiger partial charge in [-0.1, -0.05) is 6.07 Å². The highest BCUT2D eigenvalue weighted by atomic mass is 19.1. The van der Waals surface area contributed by atoms with Crippen molar-refractivity contribution < 1.29 is 4.39 Å². The molecule has 0 spiro atoms. The Bertz CT molecular complexity index is 515.